The summed E-state index contributed by atoms with van der Waals surface area (Å²) in [5.41, 5.74) is 10.0. The molecule has 5 heteroatoms. The van der Waals surface area contributed by atoms with Crippen LogP contribution in [0.3, 0.4) is 0 Å². The van der Waals surface area contributed by atoms with Crippen molar-refractivity contribution >= 4 is 59.4 Å². The molecule has 0 radical (unpaired) electrons. The predicted octanol–water partition coefficient (Wildman–Crippen LogP) is 14.3. The summed E-state index contributed by atoms with van der Waals surface area (Å²) >= 11 is 22.8. The van der Waals surface area contributed by atoms with Gasteiger partial charge in [-0.3, -0.25) is 0 Å². The van der Waals surface area contributed by atoms with Crippen LogP contribution in [0.1, 0.15) is 160 Å². The van der Waals surface area contributed by atoms with Gasteiger partial charge in [0.1, 0.15) is 0 Å². The van der Waals surface area contributed by atoms with E-state index in [1.807, 2.05) is 0 Å². The first-order valence-electron chi connectivity index (χ1n) is 20.1. The molecule has 0 aliphatic rings. The number of hydrogen-bond acceptors (Lipinski definition) is 4. The van der Waals surface area contributed by atoms with Crippen molar-refractivity contribution in [3.8, 4) is 0 Å². The van der Waals surface area contributed by atoms with Gasteiger partial charge in [-0.2, -0.15) is 0 Å². The minimum Gasteiger partial charge on any atom is -0.779 e. The molecule has 0 aliphatic carbocycles. The molecule has 0 saturated carbocycles. The summed E-state index contributed by atoms with van der Waals surface area (Å²) in [6, 6.07) is 34.9. The summed E-state index contributed by atoms with van der Waals surface area (Å²) in [5.74, 6) is 0. The predicted molar refractivity (Wildman–Crippen MR) is 242 cm³/mol. The second kappa shape index (κ2) is 27.8. The van der Waals surface area contributed by atoms with Crippen LogP contribution in [0.25, 0.3) is 0 Å². The Kier molecular flexibility index (Phi) is 24.8. The van der Waals surface area contributed by atoms with Crippen LogP contribution in [0.15, 0.2) is 97.1 Å². The molecule has 0 nitrogen and oxygen atoms in total. The molecular formula is C48H62NiS4. The minimum atomic E-state index is -0.138. The third-order valence-corrected chi connectivity index (χ3v) is 12.1. The van der Waals surface area contributed by atoms with Gasteiger partial charge in [-0.1, -0.05) is 212 Å². The van der Waals surface area contributed by atoms with Gasteiger partial charge < -0.3 is 25.3 Å². The molecule has 2 unspecified atom stereocenters. The fraction of sp³-hybridized carbons (Fsp3) is 0.458. The monoisotopic (exact) mass is 824 g/mol. The van der Waals surface area contributed by atoms with Gasteiger partial charge in [0.15, 0.2) is 0 Å². The molecule has 0 aliphatic heterocycles. The first-order valence-corrected chi connectivity index (χ1v) is 21.8. The van der Waals surface area contributed by atoms with Gasteiger partial charge in [0.2, 0.25) is 0 Å². The smallest absolute Gasteiger partial charge is 0.779 e. The van der Waals surface area contributed by atoms with Crippen LogP contribution in [0, 0.1) is 0 Å². The van der Waals surface area contributed by atoms with Crippen molar-refractivity contribution in [1.29, 1.82) is 0 Å². The van der Waals surface area contributed by atoms with Crippen LogP contribution in [-0.2, 0) is 67.4 Å². The van der Waals surface area contributed by atoms with Crippen LogP contribution in [-0.4, -0.2) is 9.73 Å². The number of benzene rings is 4. The molecule has 288 valence electrons. The van der Waals surface area contributed by atoms with Gasteiger partial charge in [-0.25, -0.2) is 0 Å². The van der Waals surface area contributed by atoms with Crippen molar-refractivity contribution in [1.82, 2.24) is 0 Å². The van der Waals surface area contributed by atoms with E-state index in [-0.39, 0.29) is 27.0 Å². The molecular weight excluding hydrogens is 763 g/mol. The van der Waals surface area contributed by atoms with Crippen LogP contribution >= 0.6 is 24.4 Å². The fourth-order valence-electron chi connectivity index (χ4n) is 6.31. The second-order valence-corrected chi connectivity index (χ2v) is 16.0. The molecule has 2 atom stereocenters. The minimum absolute atomic E-state index is 0. The van der Waals surface area contributed by atoms with Crippen molar-refractivity contribution in [2.45, 2.75) is 141 Å². The van der Waals surface area contributed by atoms with Crippen molar-refractivity contribution in [3.63, 3.8) is 0 Å². The Morgan fingerprint density at radius 2 is 0.623 bits per heavy atom. The Hall–Kier alpha value is -1.75. The van der Waals surface area contributed by atoms with E-state index in [2.05, 4.69) is 125 Å². The van der Waals surface area contributed by atoms with E-state index in [0.717, 1.165) is 57.7 Å². The largest absolute Gasteiger partial charge is 2.00 e. The number of rotatable bonds is 22. The van der Waals surface area contributed by atoms with Crippen molar-refractivity contribution in [2.24, 2.45) is 0 Å². The van der Waals surface area contributed by atoms with E-state index < -0.39 is 0 Å². The number of unbranched alkanes of at least 4 members (excludes halogenated alkanes) is 8. The number of hydrogen-bond donors (Lipinski definition) is 0. The first-order chi connectivity index (χ1) is 25.3. The van der Waals surface area contributed by atoms with Gasteiger partial charge >= 0.3 is 16.5 Å². The van der Waals surface area contributed by atoms with Gasteiger partial charge in [-0.05, 0) is 84.7 Å². The topological polar surface area (TPSA) is 0 Å². The summed E-state index contributed by atoms with van der Waals surface area (Å²) in [4.78, 5) is 1.72. The molecule has 4 aromatic rings. The maximum Gasteiger partial charge on any atom is 2.00 e. The standard InChI is InChI=1S/2C24H32S2.Ni/c2*1-3-5-7-9-19-11-15-21(16-12-19)23(25)24(26)22-17-13-20(14-18-22)10-8-6-4-2;/h2*11-18,23,25H,3-10H2,1-2H3;/q;;+2/p-2. The maximum absolute atomic E-state index is 5.74. The van der Waals surface area contributed by atoms with Crippen LogP contribution in [0.5, 0.6) is 0 Å². The van der Waals surface area contributed by atoms with Crippen LogP contribution in [0.2, 0.25) is 0 Å². The van der Waals surface area contributed by atoms with E-state index in [9.17, 15) is 0 Å². The number of aryl methyl sites for hydroxylation is 4. The molecule has 0 bridgehead atoms. The Morgan fingerprint density at radius 3 is 0.849 bits per heavy atom. The fourth-order valence-corrected chi connectivity index (χ4v) is 7.44. The van der Waals surface area contributed by atoms with E-state index in [4.69, 9.17) is 49.7 Å². The van der Waals surface area contributed by atoms with Gasteiger partial charge in [0.05, 0.1) is 0 Å². The average molecular weight is 826 g/mol. The molecule has 0 amide bonds. The third-order valence-electron chi connectivity index (χ3n) is 9.79. The Labute approximate surface area is 355 Å². The molecule has 0 spiro atoms. The van der Waals surface area contributed by atoms with E-state index in [1.165, 1.54) is 99.3 Å². The Balaban J connectivity index is 0.000000360. The Morgan fingerprint density at radius 1 is 0.396 bits per heavy atom. The normalized spacial score (nSPS) is 11.9. The van der Waals surface area contributed by atoms with Crippen molar-refractivity contribution in [3.05, 3.63) is 142 Å². The van der Waals surface area contributed by atoms with Gasteiger partial charge in [-0.15, -0.1) is 10.5 Å². The third kappa shape index (κ3) is 17.3. The Bertz CT molecular complexity index is 1440. The van der Waals surface area contributed by atoms with Gasteiger partial charge in [0.25, 0.3) is 0 Å². The summed E-state index contributed by atoms with van der Waals surface area (Å²) in [7, 11) is 0. The zero-order chi connectivity index (χ0) is 37.6. The molecule has 53 heavy (non-hydrogen) atoms. The molecule has 0 fully saturated rings. The zero-order valence-electron chi connectivity index (χ0n) is 32.7. The molecule has 0 N–H and O–H groups in total. The molecule has 0 aromatic heterocycles. The van der Waals surface area contributed by atoms with Crippen LogP contribution in [0.4, 0.5) is 0 Å². The molecule has 4 rings (SSSR count). The summed E-state index contributed by atoms with van der Waals surface area (Å²) < 4.78 is 0. The van der Waals surface area contributed by atoms with E-state index in [0.29, 0.717) is 0 Å². The van der Waals surface area contributed by atoms with E-state index >= 15 is 0 Å². The van der Waals surface area contributed by atoms with Crippen LogP contribution < -0.4 is 0 Å². The second-order valence-electron chi connectivity index (χ2n) is 14.2. The number of thiocarbonyl (C=S) groups is 2. The first kappa shape index (κ1) is 47.4. The van der Waals surface area contributed by atoms with Crippen molar-refractivity contribution < 1.29 is 16.5 Å². The van der Waals surface area contributed by atoms with Crippen molar-refractivity contribution in [2.75, 3.05) is 0 Å². The zero-order valence-corrected chi connectivity index (χ0v) is 36.9. The molecule has 0 saturated heterocycles. The SMILES string of the molecule is CCCCCc1ccc(C(=S)C([S-])c2ccc(CCCCC)cc2)cc1.CCCCCc1ccc(C(=S)C([S-])c2ccc(CCCCC)cc2)cc1.[Ni+2]. The summed E-state index contributed by atoms with van der Waals surface area (Å²) in [6.07, 6.45) is 19.9. The quantitative estimate of drug-likeness (QED) is 0.0254. The maximum atomic E-state index is 5.74. The average Bonchev–Trinajstić information content (AvgIpc) is 3.18. The molecule has 4 aromatic carbocycles. The van der Waals surface area contributed by atoms with Gasteiger partial charge in [0, 0.05) is 9.73 Å². The summed E-state index contributed by atoms with van der Waals surface area (Å²) in [6.45, 7) is 8.96. The summed E-state index contributed by atoms with van der Waals surface area (Å²) in [5, 5.41) is -0.277. The van der Waals surface area contributed by atoms with E-state index in [1.54, 1.807) is 0 Å². The molecule has 0 heterocycles.